The van der Waals surface area contributed by atoms with E-state index in [-0.39, 0.29) is 23.4 Å². The summed E-state index contributed by atoms with van der Waals surface area (Å²) >= 11 is 1.17. The van der Waals surface area contributed by atoms with E-state index in [9.17, 15) is 9.59 Å². The molecule has 1 amide bonds. The quantitative estimate of drug-likeness (QED) is 0.574. The molecule has 130 valence electrons. The van der Waals surface area contributed by atoms with Gasteiger partial charge in [0.25, 0.3) is 0 Å². The van der Waals surface area contributed by atoms with E-state index in [0.29, 0.717) is 22.8 Å². The second kappa shape index (κ2) is 8.30. The van der Waals surface area contributed by atoms with Crippen molar-refractivity contribution in [2.75, 3.05) is 16.8 Å². The number of benzene rings is 1. The van der Waals surface area contributed by atoms with Crippen molar-refractivity contribution in [3.8, 4) is 6.07 Å². The first-order chi connectivity index (χ1) is 12.0. The van der Waals surface area contributed by atoms with Gasteiger partial charge in [-0.25, -0.2) is 0 Å². The Morgan fingerprint density at radius 3 is 2.60 bits per heavy atom. The highest BCUT2D eigenvalue weighted by atomic mass is 32.2. The Morgan fingerprint density at radius 2 is 2.04 bits per heavy atom. The number of nitrogens with one attached hydrogen (secondary N) is 1. The summed E-state index contributed by atoms with van der Waals surface area (Å²) in [6.45, 7) is 3.33. The van der Waals surface area contributed by atoms with Crippen molar-refractivity contribution < 1.29 is 9.59 Å². The Morgan fingerprint density at radius 1 is 1.36 bits per heavy atom. The molecule has 0 fully saturated rings. The lowest BCUT2D eigenvalue weighted by molar-refractivity contribution is -0.119. The Kier molecular flexibility index (Phi) is 6.14. The largest absolute Gasteiger partial charge is 0.368 e. The first kappa shape index (κ1) is 18.5. The van der Waals surface area contributed by atoms with Gasteiger partial charge in [0.2, 0.25) is 11.9 Å². The number of carbonyl (C=O) groups is 2. The maximum Gasteiger partial charge on any atom is 0.247 e. The number of rotatable bonds is 7. The lowest BCUT2D eigenvalue weighted by atomic mass is 10.1. The summed E-state index contributed by atoms with van der Waals surface area (Å²) in [6.07, 6.45) is 0.472. The molecule has 1 atom stereocenters. The molecule has 1 aromatic carbocycles. The van der Waals surface area contributed by atoms with Crippen LogP contribution in [0.15, 0.2) is 29.4 Å². The van der Waals surface area contributed by atoms with E-state index in [2.05, 4.69) is 15.5 Å². The molecule has 8 nitrogen and oxygen atoms in total. The molecule has 0 aliphatic heterocycles. The molecular weight excluding hydrogens is 340 g/mol. The third-order valence-corrected chi connectivity index (χ3v) is 4.33. The molecule has 1 heterocycles. The third-order valence-electron chi connectivity index (χ3n) is 3.52. The minimum absolute atomic E-state index is 0.0410. The summed E-state index contributed by atoms with van der Waals surface area (Å²) < 4.78 is 1.53. The number of hydrogen-bond donors (Lipinski definition) is 2. The molecule has 0 saturated carbocycles. The van der Waals surface area contributed by atoms with Crippen LogP contribution in [-0.4, -0.2) is 32.2 Å². The zero-order chi connectivity index (χ0) is 18.4. The highest BCUT2D eigenvalue weighted by molar-refractivity contribution is 7.99. The van der Waals surface area contributed by atoms with Crippen LogP contribution in [0.2, 0.25) is 0 Å². The number of amides is 1. The number of nitriles is 1. The number of nitrogens with zero attached hydrogens (tertiary/aromatic N) is 4. The fourth-order valence-corrected chi connectivity index (χ4v) is 2.93. The van der Waals surface area contributed by atoms with Crippen molar-refractivity contribution in [2.24, 2.45) is 0 Å². The molecule has 2 aromatic rings. The average molecular weight is 358 g/mol. The minimum Gasteiger partial charge on any atom is -0.368 e. The molecule has 3 N–H and O–H groups in total. The second-order valence-electron chi connectivity index (χ2n) is 5.20. The van der Waals surface area contributed by atoms with Crippen molar-refractivity contribution in [1.29, 1.82) is 5.26 Å². The minimum atomic E-state index is -0.608. The number of nitrogen functional groups attached to an aromatic ring is 1. The van der Waals surface area contributed by atoms with Gasteiger partial charge in [0.15, 0.2) is 10.9 Å². The third kappa shape index (κ3) is 4.36. The van der Waals surface area contributed by atoms with Crippen molar-refractivity contribution in [2.45, 2.75) is 31.5 Å². The van der Waals surface area contributed by atoms with E-state index in [1.807, 2.05) is 13.0 Å². The number of carbonyl (C=O) groups excluding carboxylic acids is 2. The van der Waals surface area contributed by atoms with Gasteiger partial charge >= 0.3 is 0 Å². The Hall–Kier alpha value is -2.86. The summed E-state index contributed by atoms with van der Waals surface area (Å²) in [5, 5.41) is 19.7. The molecule has 0 spiro atoms. The van der Waals surface area contributed by atoms with E-state index in [1.165, 1.54) is 23.3 Å². The summed E-state index contributed by atoms with van der Waals surface area (Å²) in [7, 11) is 0. The van der Waals surface area contributed by atoms with E-state index in [0.717, 1.165) is 0 Å². The number of aromatic nitrogens is 3. The standard InChI is InChI=1S/C16H18N6O2S/c1-3-13(22-15(18)20-21-16(22)25-9-8-17)14(24)19-12-6-4-11(5-7-12)10(2)23/h4-7,13H,3,9H2,1-2H3,(H2,18,20)(H,19,24). The average Bonchev–Trinajstić information content (AvgIpc) is 2.95. The van der Waals surface area contributed by atoms with Crippen LogP contribution >= 0.6 is 11.8 Å². The number of nitrogens with two attached hydrogens (primary N) is 1. The van der Waals surface area contributed by atoms with Gasteiger partial charge in [-0.3, -0.25) is 14.2 Å². The zero-order valence-corrected chi connectivity index (χ0v) is 14.7. The summed E-state index contributed by atoms with van der Waals surface area (Å²) in [5.41, 5.74) is 7.00. The molecule has 0 bridgehead atoms. The Bertz CT molecular complexity index is 809. The van der Waals surface area contributed by atoms with Gasteiger partial charge in [-0.15, -0.1) is 10.2 Å². The molecule has 0 radical (unpaired) electrons. The van der Waals surface area contributed by atoms with E-state index >= 15 is 0 Å². The lowest BCUT2D eigenvalue weighted by Crippen LogP contribution is -2.27. The number of anilines is 2. The maximum atomic E-state index is 12.7. The molecule has 0 saturated heterocycles. The highest BCUT2D eigenvalue weighted by Gasteiger charge is 2.25. The number of ketones is 1. The van der Waals surface area contributed by atoms with Crippen LogP contribution in [0.5, 0.6) is 0 Å². The number of hydrogen-bond acceptors (Lipinski definition) is 7. The second-order valence-corrected chi connectivity index (χ2v) is 6.15. The van der Waals surface area contributed by atoms with Gasteiger partial charge in [-0.05, 0) is 37.6 Å². The van der Waals surface area contributed by atoms with Gasteiger partial charge in [0, 0.05) is 11.3 Å². The summed E-state index contributed by atoms with van der Waals surface area (Å²) in [5.74, 6) is -0.0126. The molecule has 1 unspecified atom stereocenters. The van der Waals surface area contributed by atoms with Crippen LogP contribution in [0.25, 0.3) is 0 Å². The van der Waals surface area contributed by atoms with Gasteiger partial charge in [0.1, 0.15) is 6.04 Å². The molecule has 25 heavy (non-hydrogen) atoms. The SMILES string of the molecule is CCC(C(=O)Nc1ccc(C(C)=O)cc1)n1c(N)nnc1SCC#N. The van der Waals surface area contributed by atoms with Crippen LogP contribution in [0.1, 0.15) is 36.7 Å². The Labute approximate surface area is 149 Å². The predicted octanol–water partition coefficient (Wildman–Crippen LogP) is 2.27. The molecule has 0 aliphatic rings. The van der Waals surface area contributed by atoms with Crippen molar-refractivity contribution >= 4 is 35.1 Å². The summed E-state index contributed by atoms with van der Waals surface area (Å²) in [6, 6.07) is 8.04. The van der Waals surface area contributed by atoms with Crippen molar-refractivity contribution in [3.05, 3.63) is 29.8 Å². The smallest absolute Gasteiger partial charge is 0.247 e. The van der Waals surface area contributed by atoms with Gasteiger partial charge in [-0.2, -0.15) is 5.26 Å². The summed E-state index contributed by atoms with van der Waals surface area (Å²) in [4.78, 5) is 24.0. The van der Waals surface area contributed by atoms with Gasteiger partial charge in [0.05, 0.1) is 11.8 Å². The van der Waals surface area contributed by atoms with Crippen LogP contribution < -0.4 is 11.1 Å². The van der Waals surface area contributed by atoms with Crippen LogP contribution in [0, 0.1) is 11.3 Å². The Balaban J connectivity index is 2.20. The molecular formula is C16H18N6O2S. The first-order valence-electron chi connectivity index (χ1n) is 7.59. The molecule has 0 aliphatic carbocycles. The lowest BCUT2D eigenvalue weighted by Gasteiger charge is -2.18. The van der Waals surface area contributed by atoms with Crippen molar-refractivity contribution in [3.63, 3.8) is 0 Å². The predicted molar refractivity (Wildman–Crippen MR) is 95.2 cm³/mol. The van der Waals surface area contributed by atoms with E-state index < -0.39 is 6.04 Å². The maximum absolute atomic E-state index is 12.7. The van der Waals surface area contributed by atoms with Crippen LogP contribution in [0.3, 0.4) is 0 Å². The van der Waals surface area contributed by atoms with Gasteiger partial charge in [-0.1, -0.05) is 18.7 Å². The molecule has 2 rings (SSSR count). The fraction of sp³-hybridized carbons (Fsp3) is 0.312. The van der Waals surface area contributed by atoms with Crippen LogP contribution in [0.4, 0.5) is 11.6 Å². The monoisotopic (exact) mass is 358 g/mol. The number of Topliss-reactive ketones (excluding diaryl/α,β-unsaturated/α-hetero) is 1. The molecule has 9 heteroatoms. The topological polar surface area (TPSA) is 127 Å². The van der Waals surface area contributed by atoms with E-state index in [1.54, 1.807) is 24.3 Å². The van der Waals surface area contributed by atoms with Gasteiger partial charge < -0.3 is 11.1 Å². The van der Waals surface area contributed by atoms with E-state index in [4.69, 9.17) is 11.0 Å². The number of thioether (sulfide) groups is 1. The van der Waals surface area contributed by atoms with Crippen LogP contribution in [-0.2, 0) is 4.79 Å². The molecule has 1 aromatic heterocycles. The normalized spacial score (nSPS) is 11.6. The highest BCUT2D eigenvalue weighted by Crippen LogP contribution is 2.26. The van der Waals surface area contributed by atoms with Crippen molar-refractivity contribution in [1.82, 2.24) is 14.8 Å². The fourth-order valence-electron chi connectivity index (χ4n) is 2.28. The first-order valence-corrected chi connectivity index (χ1v) is 8.58. The zero-order valence-electron chi connectivity index (χ0n) is 13.9.